The molecule has 0 amide bonds. The van der Waals surface area contributed by atoms with Crippen LogP contribution in [0.15, 0.2) is 11.6 Å². The van der Waals surface area contributed by atoms with Gasteiger partial charge in [0.2, 0.25) is 0 Å². The number of hydrogen-bond acceptors (Lipinski definition) is 1. The monoisotopic (exact) mass is 186 g/mol. The second kappa shape index (κ2) is 4.66. The van der Waals surface area contributed by atoms with Gasteiger partial charge in [0, 0.05) is 11.8 Å². The fraction of sp³-hybridized carbons (Fsp3) is 0.700. The molecule has 0 bridgehead atoms. The fourth-order valence-corrected chi connectivity index (χ4v) is 1.69. The van der Waals surface area contributed by atoms with Crippen molar-refractivity contribution in [1.82, 2.24) is 0 Å². The van der Waals surface area contributed by atoms with Crippen molar-refractivity contribution in [3.63, 3.8) is 0 Å². The number of halogens is 1. The molecule has 1 nitrogen and oxygen atoms in total. The van der Waals surface area contributed by atoms with Crippen LogP contribution in [0, 0.1) is 5.92 Å². The Balaban J connectivity index is 2.46. The van der Waals surface area contributed by atoms with Crippen LogP contribution in [0.25, 0.3) is 0 Å². The van der Waals surface area contributed by atoms with Crippen molar-refractivity contribution in [2.24, 2.45) is 5.92 Å². The third-order valence-electron chi connectivity index (χ3n) is 2.36. The number of carbonyl (C=O) groups excluding carboxylic acids is 1. The van der Waals surface area contributed by atoms with Crippen LogP contribution in [-0.4, -0.2) is 11.7 Å². The largest absolute Gasteiger partial charge is 0.295 e. The highest BCUT2D eigenvalue weighted by molar-refractivity contribution is 6.19. The third-order valence-corrected chi connectivity index (χ3v) is 2.78. The lowest BCUT2D eigenvalue weighted by Crippen LogP contribution is -2.07. The molecular weight excluding hydrogens is 172 g/mol. The Morgan fingerprint density at radius 1 is 1.50 bits per heavy atom. The van der Waals surface area contributed by atoms with Crippen LogP contribution in [0.1, 0.15) is 32.6 Å². The zero-order chi connectivity index (χ0) is 8.97. The van der Waals surface area contributed by atoms with E-state index in [4.69, 9.17) is 11.6 Å². The first-order valence-corrected chi connectivity index (χ1v) is 5.04. The maximum Gasteiger partial charge on any atom is 0.158 e. The lowest BCUT2D eigenvalue weighted by Gasteiger charge is -2.03. The molecule has 0 spiro atoms. The van der Waals surface area contributed by atoms with Gasteiger partial charge in [0.1, 0.15) is 0 Å². The summed E-state index contributed by atoms with van der Waals surface area (Å²) in [6, 6.07) is 0. The third kappa shape index (κ3) is 2.63. The molecule has 0 aliphatic heterocycles. The highest BCUT2D eigenvalue weighted by Crippen LogP contribution is 2.26. The number of rotatable bonds is 3. The Hall–Kier alpha value is -0.300. The summed E-state index contributed by atoms with van der Waals surface area (Å²) in [6.07, 6.45) is 6.28. The standard InChI is InChI=1S/C10H15ClO/c1-8(7-11)6-10(12)9-4-2-3-5-9/h6,9H,2-5,7H2,1H3/b8-6+. The van der Waals surface area contributed by atoms with Crippen LogP contribution >= 0.6 is 11.6 Å². The summed E-state index contributed by atoms with van der Waals surface area (Å²) < 4.78 is 0. The van der Waals surface area contributed by atoms with E-state index in [0.29, 0.717) is 11.8 Å². The van der Waals surface area contributed by atoms with Crippen LogP contribution in [-0.2, 0) is 4.79 Å². The van der Waals surface area contributed by atoms with Crippen molar-refractivity contribution in [3.8, 4) is 0 Å². The van der Waals surface area contributed by atoms with Gasteiger partial charge in [0.15, 0.2) is 5.78 Å². The van der Waals surface area contributed by atoms with E-state index in [1.54, 1.807) is 6.08 Å². The average Bonchev–Trinajstić information content (AvgIpc) is 2.56. The van der Waals surface area contributed by atoms with E-state index in [9.17, 15) is 4.79 Å². The molecule has 0 heterocycles. The first-order valence-electron chi connectivity index (χ1n) is 4.51. The molecule has 2 heteroatoms. The molecule has 0 radical (unpaired) electrons. The summed E-state index contributed by atoms with van der Waals surface area (Å²) in [7, 11) is 0. The highest BCUT2D eigenvalue weighted by Gasteiger charge is 2.20. The highest BCUT2D eigenvalue weighted by atomic mass is 35.5. The van der Waals surface area contributed by atoms with Gasteiger partial charge in [-0.2, -0.15) is 0 Å². The molecule has 0 atom stereocenters. The second-order valence-corrected chi connectivity index (χ2v) is 3.78. The van der Waals surface area contributed by atoms with Crippen LogP contribution in [0.4, 0.5) is 0 Å². The molecule has 0 aromatic carbocycles. The predicted molar refractivity (Wildman–Crippen MR) is 51.4 cm³/mol. The van der Waals surface area contributed by atoms with E-state index in [1.807, 2.05) is 6.92 Å². The van der Waals surface area contributed by atoms with Gasteiger partial charge in [-0.1, -0.05) is 18.4 Å². The molecule has 0 unspecified atom stereocenters. The van der Waals surface area contributed by atoms with Gasteiger partial charge in [0.05, 0.1) is 0 Å². The van der Waals surface area contributed by atoms with Gasteiger partial charge in [-0.05, 0) is 25.8 Å². The van der Waals surface area contributed by atoms with Gasteiger partial charge in [0.25, 0.3) is 0 Å². The minimum Gasteiger partial charge on any atom is -0.295 e. The lowest BCUT2D eigenvalue weighted by molar-refractivity contribution is -0.118. The summed E-state index contributed by atoms with van der Waals surface area (Å²) in [4.78, 5) is 11.5. The molecule has 0 N–H and O–H groups in total. The summed E-state index contributed by atoms with van der Waals surface area (Å²) in [5, 5.41) is 0. The van der Waals surface area contributed by atoms with Crippen molar-refractivity contribution < 1.29 is 4.79 Å². The number of allylic oxidation sites excluding steroid dienone is 2. The van der Waals surface area contributed by atoms with Gasteiger partial charge in [-0.3, -0.25) is 4.79 Å². The molecule has 68 valence electrons. The van der Waals surface area contributed by atoms with E-state index in [0.717, 1.165) is 18.4 Å². The second-order valence-electron chi connectivity index (χ2n) is 3.51. The quantitative estimate of drug-likeness (QED) is 0.489. The Morgan fingerprint density at radius 3 is 2.58 bits per heavy atom. The molecule has 1 aliphatic carbocycles. The van der Waals surface area contributed by atoms with Crippen molar-refractivity contribution >= 4 is 17.4 Å². The van der Waals surface area contributed by atoms with Crippen molar-refractivity contribution in [2.75, 3.05) is 5.88 Å². The molecule has 1 rings (SSSR count). The van der Waals surface area contributed by atoms with E-state index < -0.39 is 0 Å². The smallest absolute Gasteiger partial charge is 0.158 e. The van der Waals surface area contributed by atoms with E-state index >= 15 is 0 Å². The van der Waals surface area contributed by atoms with Crippen LogP contribution in [0.3, 0.4) is 0 Å². The van der Waals surface area contributed by atoms with Crippen LogP contribution < -0.4 is 0 Å². The van der Waals surface area contributed by atoms with Gasteiger partial charge < -0.3 is 0 Å². The molecule has 0 aromatic heterocycles. The molecule has 0 saturated heterocycles. The summed E-state index contributed by atoms with van der Waals surface area (Å²) in [5.74, 6) is 1.05. The summed E-state index contributed by atoms with van der Waals surface area (Å²) in [5.41, 5.74) is 0.980. The zero-order valence-corrected chi connectivity index (χ0v) is 8.23. The normalized spacial score (nSPS) is 20.0. The minimum atomic E-state index is 0.283. The maximum absolute atomic E-state index is 11.5. The van der Waals surface area contributed by atoms with E-state index in [2.05, 4.69) is 0 Å². The molecule has 0 aromatic rings. The van der Waals surface area contributed by atoms with E-state index in [1.165, 1.54) is 12.8 Å². The fourth-order valence-electron chi connectivity index (χ4n) is 1.61. The van der Waals surface area contributed by atoms with Crippen LogP contribution in [0.2, 0.25) is 0 Å². The van der Waals surface area contributed by atoms with Gasteiger partial charge in [-0.25, -0.2) is 0 Å². The molecule has 12 heavy (non-hydrogen) atoms. The van der Waals surface area contributed by atoms with Crippen LogP contribution in [0.5, 0.6) is 0 Å². The SMILES string of the molecule is C/C(=C\C(=O)C1CCCC1)CCl. The first kappa shape index (κ1) is 9.79. The molecule has 1 saturated carbocycles. The van der Waals surface area contributed by atoms with Gasteiger partial charge >= 0.3 is 0 Å². The van der Waals surface area contributed by atoms with Crippen molar-refractivity contribution in [2.45, 2.75) is 32.6 Å². The number of hydrogen-bond donors (Lipinski definition) is 0. The summed E-state index contributed by atoms with van der Waals surface area (Å²) >= 11 is 5.58. The zero-order valence-electron chi connectivity index (χ0n) is 7.48. The Bertz CT molecular complexity index is 190. The van der Waals surface area contributed by atoms with Crippen molar-refractivity contribution in [3.05, 3.63) is 11.6 Å². The van der Waals surface area contributed by atoms with Crippen molar-refractivity contribution in [1.29, 1.82) is 0 Å². The molecular formula is C10H15ClO. The van der Waals surface area contributed by atoms with Gasteiger partial charge in [-0.15, -0.1) is 11.6 Å². The Kier molecular flexibility index (Phi) is 3.80. The predicted octanol–water partition coefficient (Wildman–Crippen LogP) is 2.93. The summed E-state index contributed by atoms with van der Waals surface area (Å²) in [6.45, 7) is 1.90. The lowest BCUT2D eigenvalue weighted by atomic mass is 10.0. The topological polar surface area (TPSA) is 17.1 Å². The Labute approximate surface area is 78.8 Å². The maximum atomic E-state index is 11.5. The average molecular weight is 187 g/mol. The number of carbonyl (C=O) groups is 1. The number of ketones is 1. The molecule has 1 fully saturated rings. The molecule has 1 aliphatic rings. The Morgan fingerprint density at radius 2 is 2.08 bits per heavy atom. The number of alkyl halides is 1. The first-order chi connectivity index (χ1) is 5.74. The minimum absolute atomic E-state index is 0.283. The van der Waals surface area contributed by atoms with E-state index in [-0.39, 0.29) is 5.78 Å².